The van der Waals surface area contributed by atoms with Crippen molar-refractivity contribution in [2.45, 2.75) is 25.9 Å². The van der Waals surface area contributed by atoms with E-state index >= 15 is 0 Å². The van der Waals surface area contributed by atoms with Crippen LogP contribution in [0.1, 0.15) is 18.9 Å². The Kier molecular flexibility index (Phi) is 5.00. The maximum absolute atomic E-state index is 11.1. The largest absolute Gasteiger partial charge is 0.480 e. The number of aliphatic carboxylic acids is 1. The smallest absolute Gasteiger partial charge is 0.320 e. The predicted molar refractivity (Wildman–Crippen MR) is 80.6 cm³/mol. The van der Waals surface area contributed by atoms with E-state index in [2.05, 4.69) is 9.97 Å². The SMILES string of the molecule is CC[C@H](C(=O)O)N(C)Cc1ccc(-c2ccccn2)nc1. The zero-order chi connectivity index (χ0) is 15.2. The van der Waals surface area contributed by atoms with Crippen LogP contribution in [0.2, 0.25) is 0 Å². The molecule has 0 saturated heterocycles. The van der Waals surface area contributed by atoms with Gasteiger partial charge < -0.3 is 5.11 Å². The van der Waals surface area contributed by atoms with E-state index in [0.29, 0.717) is 13.0 Å². The van der Waals surface area contributed by atoms with Crippen LogP contribution in [-0.2, 0) is 11.3 Å². The molecule has 5 heteroatoms. The molecular weight excluding hydrogens is 266 g/mol. The Morgan fingerprint density at radius 3 is 2.52 bits per heavy atom. The fraction of sp³-hybridized carbons (Fsp3) is 0.312. The lowest BCUT2D eigenvalue weighted by molar-refractivity contribution is -0.143. The summed E-state index contributed by atoms with van der Waals surface area (Å²) in [5, 5.41) is 9.15. The number of hydrogen-bond donors (Lipinski definition) is 1. The van der Waals surface area contributed by atoms with Crippen molar-refractivity contribution in [3.8, 4) is 11.4 Å². The lowest BCUT2D eigenvalue weighted by atomic mass is 10.1. The number of rotatable bonds is 6. The molecule has 0 aromatic carbocycles. The quantitative estimate of drug-likeness (QED) is 0.883. The average Bonchev–Trinajstić information content (AvgIpc) is 2.49. The van der Waals surface area contributed by atoms with Gasteiger partial charge in [-0.2, -0.15) is 0 Å². The maximum atomic E-state index is 11.1. The van der Waals surface area contributed by atoms with E-state index in [0.717, 1.165) is 17.0 Å². The summed E-state index contributed by atoms with van der Waals surface area (Å²) in [6.45, 7) is 2.43. The minimum atomic E-state index is -0.793. The van der Waals surface area contributed by atoms with Gasteiger partial charge in [0.2, 0.25) is 0 Å². The normalized spacial score (nSPS) is 12.3. The molecule has 2 heterocycles. The van der Waals surface area contributed by atoms with Crippen molar-refractivity contribution in [2.24, 2.45) is 0 Å². The number of aromatic nitrogens is 2. The second-order valence-electron chi connectivity index (χ2n) is 4.94. The number of carbonyl (C=O) groups is 1. The van der Waals surface area contributed by atoms with Gasteiger partial charge in [-0.3, -0.25) is 19.7 Å². The van der Waals surface area contributed by atoms with Gasteiger partial charge >= 0.3 is 5.97 Å². The van der Waals surface area contributed by atoms with Crippen molar-refractivity contribution < 1.29 is 9.90 Å². The third-order valence-corrected chi connectivity index (χ3v) is 3.39. The van der Waals surface area contributed by atoms with Crippen LogP contribution in [0.15, 0.2) is 42.7 Å². The molecule has 110 valence electrons. The van der Waals surface area contributed by atoms with E-state index in [1.807, 2.05) is 49.2 Å². The molecule has 0 saturated carbocycles. The van der Waals surface area contributed by atoms with Crippen LogP contribution < -0.4 is 0 Å². The fourth-order valence-corrected chi connectivity index (χ4v) is 2.26. The number of nitrogens with zero attached hydrogens (tertiary/aromatic N) is 3. The van der Waals surface area contributed by atoms with Crippen LogP contribution >= 0.6 is 0 Å². The number of hydrogen-bond acceptors (Lipinski definition) is 4. The molecule has 2 aromatic rings. The van der Waals surface area contributed by atoms with Crippen LogP contribution in [0.4, 0.5) is 0 Å². The highest BCUT2D eigenvalue weighted by molar-refractivity contribution is 5.73. The predicted octanol–water partition coefficient (Wildman–Crippen LogP) is 2.44. The number of carboxylic acids is 1. The molecule has 0 aliphatic heterocycles. The first-order chi connectivity index (χ1) is 10.1. The van der Waals surface area contributed by atoms with E-state index in [-0.39, 0.29) is 0 Å². The molecule has 0 aliphatic carbocycles. The Labute approximate surface area is 124 Å². The summed E-state index contributed by atoms with van der Waals surface area (Å²) >= 11 is 0. The van der Waals surface area contributed by atoms with Crippen LogP contribution in [0.3, 0.4) is 0 Å². The second kappa shape index (κ2) is 6.95. The van der Waals surface area contributed by atoms with Crippen molar-refractivity contribution >= 4 is 5.97 Å². The third-order valence-electron chi connectivity index (χ3n) is 3.39. The van der Waals surface area contributed by atoms with Gasteiger partial charge in [0.25, 0.3) is 0 Å². The van der Waals surface area contributed by atoms with Crippen LogP contribution in [0.5, 0.6) is 0 Å². The highest BCUT2D eigenvalue weighted by Crippen LogP contribution is 2.15. The fourth-order valence-electron chi connectivity index (χ4n) is 2.26. The van der Waals surface area contributed by atoms with Crippen LogP contribution in [-0.4, -0.2) is 39.0 Å². The van der Waals surface area contributed by atoms with Crippen molar-refractivity contribution in [1.82, 2.24) is 14.9 Å². The molecular formula is C16H19N3O2. The van der Waals surface area contributed by atoms with Gasteiger partial charge in [0.05, 0.1) is 11.4 Å². The van der Waals surface area contributed by atoms with Gasteiger partial charge in [-0.05, 0) is 37.2 Å². The molecule has 0 aliphatic rings. The zero-order valence-electron chi connectivity index (χ0n) is 12.2. The third kappa shape index (κ3) is 3.86. The summed E-state index contributed by atoms with van der Waals surface area (Å²) in [5.74, 6) is -0.793. The van der Waals surface area contributed by atoms with E-state index in [1.165, 1.54) is 0 Å². The number of pyridine rings is 2. The lowest BCUT2D eigenvalue weighted by Gasteiger charge is -2.23. The summed E-state index contributed by atoms with van der Waals surface area (Å²) in [4.78, 5) is 21.6. The Morgan fingerprint density at radius 2 is 2.00 bits per heavy atom. The summed E-state index contributed by atoms with van der Waals surface area (Å²) in [6, 6.07) is 9.09. The van der Waals surface area contributed by atoms with Gasteiger partial charge in [-0.15, -0.1) is 0 Å². The molecule has 0 spiro atoms. The summed E-state index contributed by atoms with van der Waals surface area (Å²) in [5.41, 5.74) is 2.62. The van der Waals surface area contributed by atoms with Gasteiger partial charge in [-0.25, -0.2) is 0 Å². The molecule has 2 rings (SSSR count). The van der Waals surface area contributed by atoms with Gasteiger partial charge in [0.1, 0.15) is 6.04 Å². The minimum Gasteiger partial charge on any atom is -0.480 e. The Balaban J connectivity index is 2.08. The molecule has 21 heavy (non-hydrogen) atoms. The average molecular weight is 285 g/mol. The summed E-state index contributed by atoms with van der Waals surface area (Å²) < 4.78 is 0. The zero-order valence-corrected chi connectivity index (χ0v) is 12.2. The summed E-state index contributed by atoms with van der Waals surface area (Å²) in [7, 11) is 1.81. The molecule has 0 fully saturated rings. The molecule has 5 nitrogen and oxygen atoms in total. The highest BCUT2D eigenvalue weighted by Gasteiger charge is 2.20. The minimum absolute atomic E-state index is 0.472. The molecule has 0 unspecified atom stereocenters. The Morgan fingerprint density at radius 1 is 1.24 bits per heavy atom. The topological polar surface area (TPSA) is 66.3 Å². The van der Waals surface area contributed by atoms with Crippen LogP contribution in [0.25, 0.3) is 11.4 Å². The maximum Gasteiger partial charge on any atom is 0.320 e. The van der Waals surface area contributed by atoms with E-state index in [1.54, 1.807) is 12.4 Å². The summed E-state index contributed by atoms with van der Waals surface area (Å²) in [6.07, 6.45) is 4.08. The first-order valence-corrected chi connectivity index (χ1v) is 6.91. The van der Waals surface area contributed by atoms with Gasteiger partial charge in [-0.1, -0.05) is 19.1 Å². The van der Waals surface area contributed by atoms with Gasteiger partial charge in [0, 0.05) is 18.9 Å². The van der Waals surface area contributed by atoms with Crippen molar-refractivity contribution in [3.63, 3.8) is 0 Å². The molecule has 1 N–H and O–H groups in total. The van der Waals surface area contributed by atoms with Crippen molar-refractivity contribution in [3.05, 3.63) is 48.3 Å². The number of carboxylic acid groups (broad SMARTS) is 1. The molecule has 0 amide bonds. The Bertz CT molecular complexity index is 584. The first-order valence-electron chi connectivity index (χ1n) is 6.91. The first kappa shape index (κ1) is 15.1. The van der Waals surface area contributed by atoms with E-state index in [4.69, 9.17) is 5.11 Å². The molecule has 1 atom stereocenters. The second-order valence-corrected chi connectivity index (χ2v) is 4.94. The monoisotopic (exact) mass is 285 g/mol. The Hall–Kier alpha value is -2.27. The number of likely N-dealkylation sites (N-methyl/N-ethyl adjacent to an activating group) is 1. The van der Waals surface area contributed by atoms with Gasteiger partial charge in [0.15, 0.2) is 0 Å². The standard InChI is InChI=1S/C16H19N3O2/c1-3-15(16(20)21)19(2)11-12-7-8-14(18-10-12)13-6-4-5-9-17-13/h4-10,15H,3,11H2,1-2H3,(H,20,21)/t15-/m1/s1. The molecule has 0 bridgehead atoms. The van der Waals surface area contributed by atoms with E-state index < -0.39 is 12.0 Å². The molecule has 0 radical (unpaired) electrons. The highest BCUT2D eigenvalue weighted by atomic mass is 16.4. The van der Waals surface area contributed by atoms with E-state index in [9.17, 15) is 4.79 Å². The van der Waals surface area contributed by atoms with Crippen molar-refractivity contribution in [2.75, 3.05) is 7.05 Å². The lowest BCUT2D eigenvalue weighted by Crippen LogP contribution is -2.37. The van der Waals surface area contributed by atoms with Crippen LogP contribution in [0, 0.1) is 0 Å². The van der Waals surface area contributed by atoms with Crippen molar-refractivity contribution in [1.29, 1.82) is 0 Å². The molecule has 2 aromatic heterocycles.